The molecule has 0 aromatic rings. The Morgan fingerprint density at radius 1 is 1.05 bits per heavy atom. The fraction of sp³-hybridized carbons (Fsp3) is 0.769. The van der Waals surface area contributed by atoms with Crippen LogP contribution in [0.5, 0.6) is 0 Å². The van der Waals surface area contributed by atoms with E-state index in [1.165, 1.54) is 19.1 Å². The molecule has 6 heteroatoms. The molecule has 6 nitrogen and oxygen atoms in total. The summed E-state index contributed by atoms with van der Waals surface area (Å²) in [6.07, 6.45) is 2.81. The van der Waals surface area contributed by atoms with Crippen molar-refractivity contribution in [2.24, 2.45) is 11.8 Å². The molecule has 0 aromatic carbocycles. The van der Waals surface area contributed by atoms with Crippen molar-refractivity contribution in [1.29, 1.82) is 0 Å². The number of amides is 1. The van der Waals surface area contributed by atoms with Gasteiger partial charge in [0.05, 0.1) is 14.2 Å². The third-order valence-electron chi connectivity index (χ3n) is 3.59. The number of methoxy groups -OCH3 is 2. The predicted octanol–water partition coefficient (Wildman–Crippen LogP) is 0.597. The highest BCUT2D eigenvalue weighted by molar-refractivity contribution is 5.87. The lowest BCUT2D eigenvalue weighted by atomic mass is 9.96. The highest BCUT2D eigenvalue weighted by Gasteiger charge is 2.34. The quantitative estimate of drug-likeness (QED) is 0.684. The van der Waals surface area contributed by atoms with Gasteiger partial charge in [0, 0.05) is 5.92 Å². The molecule has 1 aliphatic carbocycles. The van der Waals surface area contributed by atoms with Gasteiger partial charge < -0.3 is 14.4 Å². The van der Waals surface area contributed by atoms with Crippen LogP contribution >= 0.6 is 0 Å². The van der Waals surface area contributed by atoms with Crippen LogP contribution in [-0.2, 0) is 23.9 Å². The zero-order valence-electron chi connectivity index (χ0n) is 11.7. The highest BCUT2D eigenvalue weighted by atomic mass is 16.5. The molecule has 0 radical (unpaired) electrons. The first kappa shape index (κ1) is 15.5. The third-order valence-corrected chi connectivity index (χ3v) is 3.59. The molecule has 0 heterocycles. The van der Waals surface area contributed by atoms with Gasteiger partial charge in [-0.1, -0.05) is 13.3 Å². The molecule has 108 valence electrons. The first-order valence-electron chi connectivity index (χ1n) is 6.42. The molecule has 0 spiro atoms. The topological polar surface area (TPSA) is 72.9 Å². The summed E-state index contributed by atoms with van der Waals surface area (Å²) in [7, 11) is 2.50. The van der Waals surface area contributed by atoms with Crippen LogP contribution in [0.25, 0.3) is 0 Å². The molecule has 0 aromatic heterocycles. The minimum absolute atomic E-state index is 0.116. The van der Waals surface area contributed by atoms with Crippen molar-refractivity contribution in [2.45, 2.75) is 26.2 Å². The third kappa shape index (κ3) is 4.22. The van der Waals surface area contributed by atoms with Gasteiger partial charge in [-0.05, 0) is 18.8 Å². The Hall–Kier alpha value is -1.59. The number of carbonyl (C=O) groups excluding carboxylic acids is 3. The highest BCUT2D eigenvalue weighted by Crippen LogP contribution is 2.32. The van der Waals surface area contributed by atoms with Crippen LogP contribution < -0.4 is 0 Å². The zero-order valence-corrected chi connectivity index (χ0v) is 11.7. The van der Waals surface area contributed by atoms with E-state index >= 15 is 0 Å². The maximum Gasteiger partial charge on any atom is 0.325 e. The van der Waals surface area contributed by atoms with Crippen LogP contribution in [0.2, 0.25) is 0 Å². The molecule has 1 rings (SSSR count). The van der Waals surface area contributed by atoms with E-state index in [2.05, 4.69) is 9.47 Å². The minimum Gasteiger partial charge on any atom is -0.468 e. The van der Waals surface area contributed by atoms with Gasteiger partial charge in [0.25, 0.3) is 0 Å². The first-order chi connectivity index (χ1) is 8.99. The van der Waals surface area contributed by atoms with E-state index in [0.717, 1.165) is 19.3 Å². The standard InChI is InChI=1S/C13H21NO5/c1-9-5-4-6-10(9)13(17)14(7-11(15)18-2)8-12(16)19-3/h9-10H,4-8H2,1-3H3. The summed E-state index contributed by atoms with van der Waals surface area (Å²) in [4.78, 5) is 36.2. The van der Waals surface area contributed by atoms with Crippen LogP contribution in [0.15, 0.2) is 0 Å². The monoisotopic (exact) mass is 271 g/mol. The lowest BCUT2D eigenvalue weighted by Gasteiger charge is -2.25. The second-order valence-electron chi connectivity index (χ2n) is 4.86. The van der Waals surface area contributed by atoms with Crippen molar-refractivity contribution in [3.63, 3.8) is 0 Å². The van der Waals surface area contributed by atoms with E-state index in [9.17, 15) is 14.4 Å². The summed E-state index contributed by atoms with van der Waals surface area (Å²) >= 11 is 0. The molecule has 0 N–H and O–H groups in total. The van der Waals surface area contributed by atoms with Gasteiger partial charge in [-0.25, -0.2) is 0 Å². The van der Waals surface area contributed by atoms with E-state index in [1.54, 1.807) is 0 Å². The molecule has 0 bridgehead atoms. The van der Waals surface area contributed by atoms with Crippen molar-refractivity contribution in [1.82, 2.24) is 4.90 Å². The van der Waals surface area contributed by atoms with Crippen molar-refractivity contribution in [3.05, 3.63) is 0 Å². The largest absolute Gasteiger partial charge is 0.468 e. The minimum atomic E-state index is -0.539. The summed E-state index contributed by atoms with van der Waals surface area (Å²) in [5.41, 5.74) is 0. The zero-order chi connectivity index (χ0) is 14.4. The Labute approximate surface area is 113 Å². The Balaban J connectivity index is 2.73. The molecule has 0 saturated heterocycles. The Bertz CT molecular complexity index is 337. The Morgan fingerprint density at radius 2 is 1.58 bits per heavy atom. The van der Waals surface area contributed by atoms with Gasteiger partial charge in [0.2, 0.25) is 5.91 Å². The van der Waals surface area contributed by atoms with Crippen molar-refractivity contribution < 1.29 is 23.9 Å². The average Bonchev–Trinajstić information content (AvgIpc) is 2.82. The Morgan fingerprint density at radius 3 is 1.95 bits per heavy atom. The average molecular weight is 271 g/mol. The number of ether oxygens (including phenoxy) is 2. The Kier molecular flexibility index (Phi) is 5.79. The van der Waals surface area contributed by atoms with Gasteiger partial charge in [0.15, 0.2) is 0 Å². The molecule has 1 fully saturated rings. The van der Waals surface area contributed by atoms with Gasteiger partial charge in [-0.3, -0.25) is 14.4 Å². The van der Waals surface area contributed by atoms with Crippen molar-refractivity contribution in [2.75, 3.05) is 27.3 Å². The van der Waals surface area contributed by atoms with Crippen LogP contribution in [0, 0.1) is 11.8 Å². The van der Waals surface area contributed by atoms with E-state index in [0.29, 0.717) is 0 Å². The van der Waals surface area contributed by atoms with Gasteiger partial charge in [-0.2, -0.15) is 0 Å². The number of hydrogen-bond acceptors (Lipinski definition) is 5. The normalized spacial score (nSPS) is 21.8. The molecule has 1 aliphatic rings. The van der Waals surface area contributed by atoms with Crippen molar-refractivity contribution in [3.8, 4) is 0 Å². The van der Waals surface area contributed by atoms with E-state index < -0.39 is 11.9 Å². The maximum absolute atomic E-state index is 12.4. The van der Waals surface area contributed by atoms with Crippen LogP contribution in [0.3, 0.4) is 0 Å². The lowest BCUT2D eigenvalue weighted by Crippen LogP contribution is -2.43. The molecule has 19 heavy (non-hydrogen) atoms. The predicted molar refractivity (Wildman–Crippen MR) is 67.1 cm³/mol. The second-order valence-corrected chi connectivity index (χ2v) is 4.86. The number of rotatable bonds is 5. The second kappa shape index (κ2) is 7.11. The summed E-state index contributed by atoms with van der Waals surface area (Å²) in [6, 6.07) is 0. The molecule has 2 atom stereocenters. The van der Waals surface area contributed by atoms with Gasteiger partial charge in [-0.15, -0.1) is 0 Å². The van der Waals surface area contributed by atoms with Crippen LogP contribution in [-0.4, -0.2) is 50.1 Å². The smallest absolute Gasteiger partial charge is 0.325 e. The fourth-order valence-electron chi connectivity index (χ4n) is 2.40. The molecular weight excluding hydrogens is 250 g/mol. The van der Waals surface area contributed by atoms with E-state index in [4.69, 9.17) is 0 Å². The van der Waals surface area contributed by atoms with Gasteiger partial charge in [0.1, 0.15) is 13.1 Å². The maximum atomic E-state index is 12.4. The number of carbonyl (C=O) groups is 3. The summed E-state index contributed by atoms with van der Waals surface area (Å²) in [6.45, 7) is 1.59. The molecule has 1 saturated carbocycles. The lowest BCUT2D eigenvalue weighted by molar-refractivity contribution is -0.154. The summed E-state index contributed by atoms with van der Waals surface area (Å²) in [5, 5.41) is 0. The van der Waals surface area contributed by atoms with Crippen molar-refractivity contribution >= 4 is 17.8 Å². The number of hydrogen-bond donors (Lipinski definition) is 0. The molecule has 2 unspecified atom stereocenters. The SMILES string of the molecule is COC(=O)CN(CC(=O)OC)C(=O)C1CCCC1C. The van der Waals surface area contributed by atoms with E-state index in [1.807, 2.05) is 6.92 Å². The van der Waals surface area contributed by atoms with Crippen LogP contribution in [0.1, 0.15) is 26.2 Å². The number of nitrogens with zero attached hydrogens (tertiary/aromatic N) is 1. The molecule has 1 amide bonds. The van der Waals surface area contributed by atoms with Gasteiger partial charge >= 0.3 is 11.9 Å². The summed E-state index contributed by atoms with van der Waals surface area (Å²) in [5.74, 6) is -1.08. The fourth-order valence-corrected chi connectivity index (χ4v) is 2.40. The van der Waals surface area contributed by atoms with E-state index in [-0.39, 0.29) is 30.8 Å². The first-order valence-corrected chi connectivity index (χ1v) is 6.42. The molecule has 0 aliphatic heterocycles. The summed E-state index contributed by atoms with van der Waals surface area (Å²) < 4.78 is 9.10. The molecular formula is C13H21NO5. The number of esters is 2. The van der Waals surface area contributed by atoms with Crippen LogP contribution in [0.4, 0.5) is 0 Å².